The summed E-state index contributed by atoms with van der Waals surface area (Å²) in [6.07, 6.45) is 4.91. The third-order valence-electron chi connectivity index (χ3n) is 1.22. The lowest BCUT2D eigenvalue weighted by Gasteiger charge is -1.92. The molecule has 0 aromatic rings. The Labute approximate surface area is 56.7 Å². The highest BCUT2D eigenvalue weighted by Crippen LogP contribution is 2.00. The molecule has 0 aromatic heterocycles. The predicted octanol–water partition coefficient (Wildman–Crippen LogP) is 1.74. The highest BCUT2D eigenvalue weighted by atomic mass is 14.5. The fourth-order valence-electron chi connectivity index (χ4n) is 0.683. The lowest BCUT2D eigenvalue weighted by molar-refractivity contribution is 0.651. The summed E-state index contributed by atoms with van der Waals surface area (Å²) in [5.41, 5.74) is 6.82. The zero-order valence-corrected chi connectivity index (χ0v) is 5.69. The second-order valence-electron chi connectivity index (χ2n) is 2.07. The maximum Gasteiger partial charge on any atom is 0.0621 e. The fourth-order valence-corrected chi connectivity index (χ4v) is 0.683. The van der Waals surface area contributed by atoms with Crippen molar-refractivity contribution >= 4 is 0 Å². The lowest BCUT2D eigenvalue weighted by Crippen LogP contribution is -1.84. The third kappa shape index (κ3) is 7.45. The Bertz CT molecular complexity index is 83.4. The molecule has 0 heterocycles. The molecule has 0 atom stereocenters. The molecule has 0 aliphatic rings. The van der Waals surface area contributed by atoms with E-state index < -0.39 is 0 Å². The first kappa shape index (κ1) is 8.45. The van der Waals surface area contributed by atoms with Crippen LogP contribution in [0, 0.1) is 11.3 Å². The number of unbranched alkanes of at least 4 members (excludes halogenated alkanes) is 4. The molecule has 0 aromatic carbocycles. The summed E-state index contributed by atoms with van der Waals surface area (Å²) in [6, 6.07) is 2.10. The molecule has 0 unspecified atom stereocenters. The average molecular weight is 125 g/mol. The molecule has 0 rings (SSSR count). The summed E-state index contributed by atoms with van der Waals surface area (Å²) in [6.45, 7) is 0.534. The van der Waals surface area contributed by atoms with Gasteiger partial charge in [-0.15, -0.1) is 0 Å². The number of nitrogens with one attached hydrogen (secondary N) is 1. The molecule has 0 aliphatic carbocycles. The smallest absolute Gasteiger partial charge is 0.0621 e. The largest absolute Gasteiger partial charge is 0.258 e. The van der Waals surface area contributed by atoms with Crippen LogP contribution in [0.4, 0.5) is 0 Å². The van der Waals surface area contributed by atoms with Gasteiger partial charge in [0, 0.05) is 13.0 Å². The van der Waals surface area contributed by atoms with Crippen molar-refractivity contribution in [3.8, 4) is 6.07 Å². The van der Waals surface area contributed by atoms with E-state index >= 15 is 0 Å². The molecule has 0 fully saturated rings. The van der Waals surface area contributed by atoms with Gasteiger partial charge in [0.2, 0.25) is 0 Å². The number of rotatable bonds is 5. The molecule has 0 saturated heterocycles. The minimum Gasteiger partial charge on any atom is -0.258 e. The lowest BCUT2D eigenvalue weighted by atomic mass is 10.1. The Kier molecular flexibility index (Phi) is 6.99. The van der Waals surface area contributed by atoms with Crippen LogP contribution in [0.3, 0.4) is 0 Å². The molecule has 0 bridgehead atoms. The second kappa shape index (κ2) is 7.45. The Morgan fingerprint density at radius 3 is 2.33 bits per heavy atom. The molecule has 1 N–H and O–H groups in total. The molecule has 0 spiro atoms. The summed E-state index contributed by atoms with van der Waals surface area (Å²) in [4.78, 5) is 0. The minimum absolute atomic E-state index is 0.534. The molecule has 0 saturated carbocycles. The van der Waals surface area contributed by atoms with Crippen molar-refractivity contribution in [3.05, 3.63) is 0 Å². The topological polar surface area (TPSA) is 47.6 Å². The van der Waals surface area contributed by atoms with Gasteiger partial charge in [0.15, 0.2) is 0 Å². The van der Waals surface area contributed by atoms with Gasteiger partial charge in [-0.2, -0.15) is 5.26 Å². The van der Waals surface area contributed by atoms with E-state index in [4.69, 9.17) is 11.0 Å². The van der Waals surface area contributed by atoms with Gasteiger partial charge >= 0.3 is 0 Å². The maximum absolute atomic E-state index is 8.14. The van der Waals surface area contributed by atoms with Crippen molar-refractivity contribution in [2.24, 2.45) is 0 Å². The van der Waals surface area contributed by atoms with Crippen LogP contribution < -0.4 is 5.73 Å². The molecule has 2 nitrogen and oxygen atoms in total. The van der Waals surface area contributed by atoms with Crippen molar-refractivity contribution in [1.82, 2.24) is 5.73 Å². The van der Waals surface area contributed by atoms with Gasteiger partial charge in [0.1, 0.15) is 0 Å². The molecule has 0 aliphatic heterocycles. The minimum atomic E-state index is 0.534. The predicted molar refractivity (Wildman–Crippen MR) is 36.7 cm³/mol. The van der Waals surface area contributed by atoms with Gasteiger partial charge in [-0.25, -0.2) is 0 Å². The molecule has 2 heteroatoms. The van der Waals surface area contributed by atoms with Gasteiger partial charge in [-0.1, -0.05) is 12.8 Å². The SMILES string of the molecule is N#CCCCCCC[NH]. The molecule has 1 radical (unpaired) electrons. The van der Waals surface area contributed by atoms with E-state index in [9.17, 15) is 0 Å². The first-order chi connectivity index (χ1) is 4.41. The summed E-state index contributed by atoms with van der Waals surface area (Å²) in [7, 11) is 0. The zero-order valence-electron chi connectivity index (χ0n) is 5.69. The number of hydrogen-bond acceptors (Lipinski definition) is 1. The van der Waals surface area contributed by atoms with E-state index in [1.807, 2.05) is 0 Å². The second-order valence-corrected chi connectivity index (χ2v) is 2.07. The quantitative estimate of drug-likeness (QED) is 0.516. The van der Waals surface area contributed by atoms with Crippen LogP contribution in [0.2, 0.25) is 0 Å². The molecular weight excluding hydrogens is 112 g/mol. The number of hydrogen-bond donors (Lipinski definition) is 0. The van der Waals surface area contributed by atoms with E-state index in [0.717, 1.165) is 25.7 Å². The van der Waals surface area contributed by atoms with Gasteiger partial charge in [0.05, 0.1) is 6.07 Å². The Morgan fingerprint density at radius 1 is 1.11 bits per heavy atom. The molecule has 9 heavy (non-hydrogen) atoms. The van der Waals surface area contributed by atoms with E-state index in [0.29, 0.717) is 13.0 Å². The van der Waals surface area contributed by atoms with Crippen molar-refractivity contribution < 1.29 is 0 Å². The Hall–Kier alpha value is -0.550. The van der Waals surface area contributed by atoms with Crippen LogP contribution in [-0.2, 0) is 0 Å². The average Bonchev–Trinajstić information content (AvgIpc) is 1.89. The number of nitrogens with zero attached hydrogens (tertiary/aromatic N) is 1. The van der Waals surface area contributed by atoms with Crippen molar-refractivity contribution in [2.45, 2.75) is 32.1 Å². The number of nitriles is 1. The van der Waals surface area contributed by atoms with Crippen LogP contribution in [0.1, 0.15) is 32.1 Å². The zero-order chi connectivity index (χ0) is 6.95. The van der Waals surface area contributed by atoms with Crippen molar-refractivity contribution in [2.75, 3.05) is 6.54 Å². The summed E-state index contributed by atoms with van der Waals surface area (Å²) < 4.78 is 0. The standard InChI is InChI=1S/C7H13N2/c8-6-4-2-1-3-5-7-9/h8H,1-6H2. The van der Waals surface area contributed by atoms with E-state index in [1.54, 1.807) is 0 Å². The van der Waals surface area contributed by atoms with Crippen LogP contribution in [0.5, 0.6) is 0 Å². The van der Waals surface area contributed by atoms with E-state index in [2.05, 4.69) is 6.07 Å². The molecular formula is C7H13N2. The van der Waals surface area contributed by atoms with Crippen LogP contribution in [0.25, 0.3) is 0 Å². The third-order valence-corrected chi connectivity index (χ3v) is 1.22. The van der Waals surface area contributed by atoms with Gasteiger partial charge in [-0.3, -0.25) is 5.73 Å². The first-order valence-electron chi connectivity index (χ1n) is 3.43. The van der Waals surface area contributed by atoms with Crippen LogP contribution in [0.15, 0.2) is 0 Å². The van der Waals surface area contributed by atoms with E-state index in [1.165, 1.54) is 0 Å². The molecule has 0 amide bonds. The fraction of sp³-hybridized carbons (Fsp3) is 0.857. The summed E-state index contributed by atoms with van der Waals surface area (Å²) in [5.74, 6) is 0. The highest BCUT2D eigenvalue weighted by molar-refractivity contribution is 4.67. The Balaban J connectivity index is 2.69. The first-order valence-corrected chi connectivity index (χ1v) is 3.43. The monoisotopic (exact) mass is 125 g/mol. The summed E-state index contributed by atoms with van der Waals surface area (Å²) >= 11 is 0. The normalized spacial score (nSPS) is 8.89. The van der Waals surface area contributed by atoms with Gasteiger partial charge in [0.25, 0.3) is 0 Å². The van der Waals surface area contributed by atoms with Gasteiger partial charge in [-0.05, 0) is 12.8 Å². The van der Waals surface area contributed by atoms with E-state index in [-0.39, 0.29) is 0 Å². The van der Waals surface area contributed by atoms with Crippen molar-refractivity contribution in [1.29, 1.82) is 5.26 Å². The maximum atomic E-state index is 8.14. The van der Waals surface area contributed by atoms with Crippen LogP contribution in [-0.4, -0.2) is 6.54 Å². The molecule has 51 valence electrons. The Morgan fingerprint density at radius 2 is 1.78 bits per heavy atom. The van der Waals surface area contributed by atoms with Crippen molar-refractivity contribution in [3.63, 3.8) is 0 Å². The van der Waals surface area contributed by atoms with Gasteiger partial charge < -0.3 is 0 Å². The highest BCUT2D eigenvalue weighted by Gasteiger charge is 1.86. The summed E-state index contributed by atoms with van der Waals surface area (Å²) in [5, 5.41) is 8.14. The van der Waals surface area contributed by atoms with Crippen LogP contribution >= 0.6 is 0 Å².